The Balaban J connectivity index is 2.31. The second kappa shape index (κ2) is 4.86. The highest BCUT2D eigenvalue weighted by Crippen LogP contribution is 2.29. The van der Waals surface area contributed by atoms with E-state index in [0.717, 1.165) is 6.42 Å². The van der Waals surface area contributed by atoms with Gasteiger partial charge >= 0.3 is 5.97 Å². The molecule has 1 aliphatic rings. The summed E-state index contributed by atoms with van der Waals surface area (Å²) in [5.74, 6) is -0.326. The lowest BCUT2D eigenvalue weighted by Crippen LogP contribution is -2.35. The Hall–Kier alpha value is -1.75. The summed E-state index contributed by atoms with van der Waals surface area (Å²) in [4.78, 5) is 11.2. The number of benzene rings is 1. The monoisotopic (exact) mass is 251 g/mol. The molecule has 18 heavy (non-hydrogen) atoms. The third kappa shape index (κ3) is 2.56. The van der Waals surface area contributed by atoms with Gasteiger partial charge in [0.1, 0.15) is 5.75 Å². The summed E-state index contributed by atoms with van der Waals surface area (Å²) in [5.41, 5.74) is 0.579. The van der Waals surface area contributed by atoms with Gasteiger partial charge in [0.2, 0.25) is 0 Å². The molecule has 1 fully saturated rings. The Bertz CT molecular complexity index is 452. The van der Waals surface area contributed by atoms with Crippen molar-refractivity contribution < 1.29 is 19.4 Å². The van der Waals surface area contributed by atoms with Crippen LogP contribution in [0, 0.1) is 0 Å². The van der Waals surface area contributed by atoms with Crippen molar-refractivity contribution in [3.8, 4) is 5.75 Å². The van der Waals surface area contributed by atoms with Crippen LogP contribution in [0.15, 0.2) is 18.2 Å². The zero-order valence-corrected chi connectivity index (χ0v) is 10.5. The Morgan fingerprint density at radius 1 is 1.56 bits per heavy atom. The van der Waals surface area contributed by atoms with Crippen molar-refractivity contribution in [3.63, 3.8) is 0 Å². The van der Waals surface area contributed by atoms with Gasteiger partial charge in [0, 0.05) is 12.7 Å². The SMILES string of the molecule is COc1ccc(C(=O)O)c(NC2(C)CCOC2)c1. The average molecular weight is 251 g/mol. The third-order valence-corrected chi connectivity index (χ3v) is 3.11. The molecule has 0 aromatic heterocycles. The number of rotatable bonds is 4. The maximum absolute atomic E-state index is 11.2. The van der Waals surface area contributed by atoms with Gasteiger partial charge in [-0.25, -0.2) is 4.79 Å². The maximum atomic E-state index is 11.2. The zero-order chi connectivity index (χ0) is 13.2. The predicted octanol–water partition coefficient (Wildman–Crippen LogP) is 1.98. The molecule has 1 atom stereocenters. The molecule has 0 amide bonds. The number of ether oxygens (including phenoxy) is 2. The van der Waals surface area contributed by atoms with Crippen LogP contribution in [0.25, 0.3) is 0 Å². The number of aromatic carboxylic acids is 1. The lowest BCUT2D eigenvalue weighted by molar-refractivity contribution is 0.0697. The number of hydrogen-bond donors (Lipinski definition) is 2. The van der Waals surface area contributed by atoms with Gasteiger partial charge in [-0.1, -0.05) is 0 Å². The molecule has 1 aliphatic heterocycles. The van der Waals surface area contributed by atoms with Gasteiger partial charge in [-0.3, -0.25) is 0 Å². The van der Waals surface area contributed by atoms with Crippen LogP contribution in [-0.2, 0) is 4.74 Å². The van der Waals surface area contributed by atoms with E-state index in [0.29, 0.717) is 24.7 Å². The van der Waals surface area contributed by atoms with Crippen molar-refractivity contribution >= 4 is 11.7 Å². The maximum Gasteiger partial charge on any atom is 0.337 e. The first-order chi connectivity index (χ1) is 8.54. The molecule has 5 heteroatoms. The van der Waals surface area contributed by atoms with Crippen LogP contribution >= 0.6 is 0 Å². The smallest absolute Gasteiger partial charge is 0.337 e. The Morgan fingerprint density at radius 2 is 2.33 bits per heavy atom. The van der Waals surface area contributed by atoms with Crippen molar-refractivity contribution in [1.29, 1.82) is 0 Å². The van der Waals surface area contributed by atoms with Gasteiger partial charge in [-0.2, -0.15) is 0 Å². The Morgan fingerprint density at radius 3 is 2.89 bits per heavy atom. The fraction of sp³-hybridized carbons (Fsp3) is 0.462. The topological polar surface area (TPSA) is 67.8 Å². The normalized spacial score (nSPS) is 22.8. The van der Waals surface area contributed by atoms with Crippen LogP contribution < -0.4 is 10.1 Å². The predicted molar refractivity (Wildman–Crippen MR) is 67.4 cm³/mol. The number of carbonyl (C=O) groups is 1. The van der Waals surface area contributed by atoms with Gasteiger partial charge in [-0.05, 0) is 25.5 Å². The van der Waals surface area contributed by atoms with Crippen LogP contribution in [0.5, 0.6) is 5.75 Å². The quantitative estimate of drug-likeness (QED) is 0.856. The summed E-state index contributed by atoms with van der Waals surface area (Å²) in [5, 5.41) is 12.4. The number of methoxy groups -OCH3 is 1. The minimum absolute atomic E-state index is 0.226. The highest BCUT2D eigenvalue weighted by molar-refractivity contribution is 5.94. The number of hydrogen-bond acceptors (Lipinski definition) is 4. The van der Waals surface area contributed by atoms with E-state index in [1.807, 2.05) is 6.92 Å². The molecule has 1 saturated heterocycles. The Kier molecular flexibility index (Phi) is 3.43. The molecular formula is C13H17NO4. The summed E-state index contributed by atoms with van der Waals surface area (Å²) >= 11 is 0. The summed E-state index contributed by atoms with van der Waals surface area (Å²) in [6.07, 6.45) is 0.850. The molecule has 0 saturated carbocycles. The number of carboxylic acids is 1. The van der Waals surface area contributed by atoms with Crippen molar-refractivity contribution in [3.05, 3.63) is 23.8 Å². The van der Waals surface area contributed by atoms with Gasteiger partial charge in [-0.15, -0.1) is 0 Å². The molecular weight excluding hydrogens is 234 g/mol. The standard InChI is InChI=1S/C13H17NO4/c1-13(5-6-18-8-13)14-11-7-9(17-2)3-4-10(11)12(15)16/h3-4,7,14H,5-6,8H2,1-2H3,(H,15,16). The second-order valence-electron chi connectivity index (χ2n) is 4.70. The highest BCUT2D eigenvalue weighted by Gasteiger charge is 2.30. The molecule has 0 bridgehead atoms. The van der Waals surface area contributed by atoms with Gasteiger partial charge in [0.25, 0.3) is 0 Å². The van der Waals surface area contributed by atoms with E-state index in [1.54, 1.807) is 25.3 Å². The molecule has 2 rings (SSSR count). The summed E-state index contributed by atoms with van der Waals surface area (Å²) < 4.78 is 10.5. The average Bonchev–Trinajstić information content (AvgIpc) is 2.75. The summed E-state index contributed by atoms with van der Waals surface area (Å²) in [7, 11) is 1.56. The van der Waals surface area contributed by atoms with Crippen LogP contribution in [0.1, 0.15) is 23.7 Å². The lowest BCUT2D eigenvalue weighted by Gasteiger charge is -2.26. The zero-order valence-electron chi connectivity index (χ0n) is 10.5. The van der Waals surface area contributed by atoms with Crippen molar-refractivity contribution in [2.75, 3.05) is 25.6 Å². The molecule has 2 N–H and O–H groups in total. The molecule has 1 aromatic carbocycles. The van der Waals surface area contributed by atoms with Gasteiger partial charge in [0.15, 0.2) is 0 Å². The number of nitrogens with one attached hydrogen (secondary N) is 1. The fourth-order valence-electron chi connectivity index (χ4n) is 2.03. The van der Waals surface area contributed by atoms with Crippen LogP contribution in [0.2, 0.25) is 0 Å². The number of anilines is 1. The molecule has 98 valence electrons. The molecule has 1 aromatic rings. The van der Waals surface area contributed by atoms with Crippen LogP contribution in [0.4, 0.5) is 5.69 Å². The van der Waals surface area contributed by atoms with Crippen LogP contribution in [0.3, 0.4) is 0 Å². The molecule has 5 nitrogen and oxygen atoms in total. The first kappa shape index (κ1) is 12.7. The molecule has 1 unspecified atom stereocenters. The minimum atomic E-state index is -0.956. The van der Waals surface area contributed by atoms with E-state index < -0.39 is 5.97 Å². The first-order valence-corrected chi connectivity index (χ1v) is 5.81. The van der Waals surface area contributed by atoms with E-state index in [9.17, 15) is 9.90 Å². The van der Waals surface area contributed by atoms with E-state index in [4.69, 9.17) is 9.47 Å². The molecule has 0 aliphatic carbocycles. The Labute approximate surface area is 106 Å². The molecule has 0 spiro atoms. The second-order valence-corrected chi connectivity index (χ2v) is 4.70. The molecule has 1 heterocycles. The largest absolute Gasteiger partial charge is 0.497 e. The number of carboxylic acid groups (broad SMARTS) is 1. The van der Waals surface area contributed by atoms with Crippen molar-refractivity contribution in [2.45, 2.75) is 18.9 Å². The third-order valence-electron chi connectivity index (χ3n) is 3.11. The fourth-order valence-corrected chi connectivity index (χ4v) is 2.03. The van der Waals surface area contributed by atoms with Crippen molar-refractivity contribution in [2.24, 2.45) is 0 Å². The van der Waals surface area contributed by atoms with E-state index in [2.05, 4.69) is 5.32 Å². The van der Waals surface area contributed by atoms with Crippen LogP contribution in [-0.4, -0.2) is 36.9 Å². The lowest BCUT2D eigenvalue weighted by atomic mass is 10.00. The minimum Gasteiger partial charge on any atom is -0.497 e. The van der Waals surface area contributed by atoms with E-state index in [-0.39, 0.29) is 11.1 Å². The summed E-state index contributed by atoms with van der Waals surface area (Å²) in [6.45, 7) is 3.28. The van der Waals surface area contributed by atoms with Crippen molar-refractivity contribution in [1.82, 2.24) is 0 Å². The van der Waals surface area contributed by atoms with E-state index >= 15 is 0 Å². The van der Waals surface area contributed by atoms with Gasteiger partial charge < -0.3 is 19.9 Å². The molecule has 0 radical (unpaired) electrons. The highest BCUT2D eigenvalue weighted by atomic mass is 16.5. The summed E-state index contributed by atoms with van der Waals surface area (Å²) in [6, 6.07) is 4.89. The van der Waals surface area contributed by atoms with Gasteiger partial charge in [0.05, 0.1) is 30.5 Å². The first-order valence-electron chi connectivity index (χ1n) is 5.81. The van der Waals surface area contributed by atoms with E-state index in [1.165, 1.54) is 0 Å².